The molecule has 0 aliphatic heterocycles. The van der Waals surface area contributed by atoms with Gasteiger partial charge < -0.3 is 15.2 Å². The highest BCUT2D eigenvalue weighted by molar-refractivity contribution is 5.80. The van der Waals surface area contributed by atoms with Crippen molar-refractivity contribution in [3.8, 4) is 6.07 Å². The third kappa shape index (κ3) is 3.66. The Morgan fingerprint density at radius 1 is 1.26 bits per heavy atom. The minimum absolute atomic E-state index is 0.132. The molecule has 4 aliphatic rings. The van der Waals surface area contributed by atoms with Crippen molar-refractivity contribution in [2.75, 3.05) is 13.2 Å². The van der Waals surface area contributed by atoms with Crippen LogP contribution in [0.15, 0.2) is 0 Å². The maximum Gasteiger partial charge on any atom is 0.306 e. The molecule has 0 radical (unpaired) electrons. The molecule has 0 aromatic rings. The van der Waals surface area contributed by atoms with E-state index in [2.05, 4.69) is 5.32 Å². The predicted molar refractivity (Wildman–Crippen MR) is 80.9 cm³/mol. The molecule has 2 atom stereocenters. The molecule has 0 spiro atoms. The molecule has 4 saturated carbocycles. The summed E-state index contributed by atoms with van der Waals surface area (Å²) in [5, 5.41) is 21.6. The first kappa shape index (κ1) is 16.3. The van der Waals surface area contributed by atoms with Crippen LogP contribution >= 0.6 is 0 Å². The highest BCUT2D eigenvalue weighted by Gasteiger charge is 2.57. The number of hydrogen-bond donors (Lipinski definition) is 2. The molecule has 1 amide bonds. The van der Waals surface area contributed by atoms with E-state index in [4.69, 9.17) is 10.00 Å². The summed E-state index contributed by atoms with van der Waals surface area (Å²) in [5.74, 6) is 0.329. The van der Waals surface area contributed by atoms with Crippen molar-refractivity contribution in [2.45, 2.75) is 57.0 Å². The van der Waals surface area contributed by atoms with Crippen molar-refractivity contribution in [3.05, 3.63) is 0 Å². The van der Waals surface area contributed by atoms with Gasteiger partial charge in [-0.05, 0) is 55.8 Å². The first-order valence-electron chi connectivity index (χ1n) is 8.44. The quantitative estimate of drug-likeness (QED) is 0.567. The van der Waals surface area contributed by atoms with Gasteiger partial charge in [0.25, 0.3) is 5.91 Å². The van der Waals surface area contributed by atoms with Crippen LogP contribution in [0, 0.1) is 28.6 Å². The molecular formula is C17H24N2O4. The Hall–Kier alpha value is -1.61. The highest BCUT2D eigenvalue weighted by Crippen LogP contribution is 2.62. The Labute approximate surface area is 136 Å². The van der Waals surface area contributed by atoms with Crippen LogP contribution in [0.25, 0.3) is 0 Å². The van der Waals surface area contributed by atoms with E-state index >= 15 is 0 Å². The molecule has 6 nitrogen and oxygen atoms in total. The van der Waals surface area contributed by atoms with Crippen LogP contribution in [0.3, 0.4) is 0 Å². The minimum Gasteiger partial charge on any atom is -0.456 e. The molecular weight excluding hydrogens is 296 g/mol. The molecule has 23 heavy (non-hydrogen) atoms. The molecule has 0 heterocycles. The molecule has 0 unspecified atom stereocenters. The summed E-state index contributed by atoms with van der Waals surface area (Å²) < 4.78 is 5.09. The van der Waals surface area contributed by atoms with Gasteiger partial charge >= 0.3 is 5.97 Å². The van der Waals surface area contributed by atoms with Gasteiger partial charge in [0.1, 0.15) is 0 Å². The number of nitrogens with zero attached hydrogens (tertiary/aromatic N) is 1. The second-order valence-electron chi connectivity index (χ2n) is 7.78. The van der Waals surface area contributed by atoms with Gasteiger partial charge in [-0.25, -0.2) is 0 Å². The van der Waals surface area contributed by atoms with Crippen LogP contribution in [0.5, 0.6) is 0 Å². The predicted octanol–water partition coefficient (Wildman–Crippen LogP) is 1.28. The molecule has 4 aliphatic carbocycles. The smallest absolute Gasteiger partial charge is 0.306 e. The van der Waals surface area contributed by atoms with Crippen LogP contribution in [0.1, 0.15) is 51.4 Å². The SMILES string of the molecule is N#CCCNC(=O)COC(=O)CC12C[C@H]3C[C@@H](CC(O)(C3)C1)C2. The van der Waals surface area contributed by atoms with Gasteiger partial charge in [-0.3, -0.25) is 9.59 Å². The number of carbonyl (C=O) groups excluding carboxylic acids is 2. The van der Waals surface area contributed by atoms with Crippen molar-refractivity contribution < 1.29 is 19.4 Å². The fourth-order valence-corrected chi connectivity index (χ4v) is 5.42. The highest BCUT2D eigenvalue weighted by atomic mass is 16.5. The molecule has 6 heteroatoms. The lowest BCUT2D eigenvalue weighted by Crippen LogP contribution is -2.56. The number of rotatable bonds is 6. The molecule has 4 fully saturated rings. The lowest BCUT2D eigenvalue weighted by molar-refractivity contribution is -0.177. The number of carbonyl (C=O) groups is 2. The zero-order valence-corrected chi connectivity index (χ0v) is 13.3. The molecule has 0 aromatic carbocycles. The third-order valence-corrected chi connectivity index (χ3v) is 5.59. The maximum absolute atomic E-state index is 12.1. The van der Waals surface area contributed by atoms with Crippen LogP contribution in [0.2, 0.25) is 0 Å². The monoisotopic (exact) mass is 320 g/mol. The normalized spacial score (nSPS) is 37.2. The standard InChI is InChI=1S/C17H24N2O4/c18-2-1-3-19-14(20)10-23-15(21)9-16-5-12-4-13(6-16)8-17(22,7-12)11-16/h12-13,22H,1,3-11H2,(H,19,20)/t12-,13-,16?,17?/m1/s1. The summed E-state index contributed by atoms with van der Waals surface area (Å²) in [6.07, 6.45) is 6.16. The number of nitriles is 1. The van der Waals surface area contributed by atoms with Gasteiger partial charge in [0.05, 0.1) is 24.5 Å². The average molecular weight is 320 g/mol. The van der Waals surface area contributed by atoms with E-state index in [1.165, 1.54) is 6.42 Å². The molecule has 0 saturated heterocycles. The van der Waals surface area contributed by atoms with Crippen LogP contribution < -0.4 is 5.32 Å². The fourth-order valence-electron chi connectivity index (χ4n) is 5.42. The van der Waals surface area contributed by atoms with Gasteiger partial charge in [-0.1, -0.05) is 0 Å². The minimum atomic E-state index is -0.584. The Morgan fingerprint density at radius 2 is 1.96 bits per heavy atom. The molecule has 2 N–H and O–H groups in total. The Morgan fingerprint density at radius 3 is 2.57 bits per heavy atom. The van der Waals surface area contributed by atoms with Gasteiger partial charge in [0, 0.05) is 6.54 Å². The summed E-state index contributed by atoms with van der Waals surface area (Å²) in [5.41, 5.74) is -0.716. The van der Waals surface area contributed by atoms with Gasteiger partial charge in [-0.2, -0.15) is 5.26 Å². The summed E-state index contributed by atoms with van der Waals surface area (Å²) in [4.78, 5) is 23.6. The van der Waals surface area contributed by atoms with Crippen LogP contribution in [0.4, 0.5) is 0 Å². The first-order chi connectivity index (χ1) is 10.9. The van der Waals surface area contributed by atoms with E-state index < -0.39 is 5.60 Å². The molecule has 4 rings (SSSR count). The fraction of sp³-hybridized carbons (Fsp3) is 0.824. The lowest BCUT2D eigenvalue weighted by atomic mass is 9.47. The molecule has 4 bridgehead atoms. The van der Waals surface area contributed by atoms with Gasteiger partial charge in [0.15, 0.2) is 6.61 Å². The number of ether oxygens (including phenoxy) is 1. The second kappa shape index (κ2) is 6.12. The van der Waals surface area contributed by atoms with Crippen LogP contribution in [-0.4, -0.2) is 35.7 Å². The largest absolute Gasteiger partial charge is 0.456 e. The van der Waals surface area contributed by atoms with Gasteiger partial charge in [0.2, 0.25) is 0 Å². The number of amides is 1. The van der Waals surface area contributed by atoms with Crippen molar-refractivity contribution in [1.82, 2.24) is 5.32 Å². The van der Waals surface area contributed by atoms with E-state index in [1.807, 2.05) is 6.07 Å². The third-order valence-electron chi connectivity index (χ3n) is 5.59. The summed E-state index contributed by atoms with van der Waals surface area (Å²) in [6.45, 7) is -0.0231. The number of hydrogen-bond acceptors (Lipinski definition) is 5. The lowest BCUT2D eigenvalue weighted by Gasteiger charge is -2.60. The zero-order chi connectivity index (χ0) is 16.5. The number of aliphatic hydroxyl groups is 1. The van der Waals surface area contributed by atoms with E-state index in [0.29, 0.717) is 24.7 Å². The summed E-state index contributed by atoms with van der Waals surface area (Å²) in [7, 11) is 0. The average Bonchev–Trinajstić information content (AvgIpc) is 2.42. The van der Waals surface area contributed by atoms with Crippen molar-refractivity contribution >= 4 is 11.9 Å². The first-order valence-corrected chi connectivity index (χ1v) is 8.44. The Balaban J connectivity index is 1.49. The summed E-state index contributed by atoms with van der Waals surface area (Å²) >= 11 is 0. The van der Waals surface area contributed by atoms with Crippen molar-refractivity contribution in [3.63, 3.8) is 0 Å². The maximum atomic E-state index is 12.1. The van der Waals surface area contributed by atoms with Crippen molar-refractivity contribution in [1.29, 1.82) is 5.26 Å². The van der Waals surface area contributed by atoms with E-state index in [9.17, 15) is 14.7 Å². The van der Waals surface area contributed by atoms with E-state index in [-0.39, 0.29) is 36.9 Å². The van der Waals surface area contributed by atoms with Crippen molar-refractivity contribution in [2.24, 2.45) is 17.3 Å². The number of nitrogens with one attached hydrogen (secondary N) is 1. The Kier molecular flexibility index (Phi) is 4.33. The van der Waals surface area contributed by atoms with E-state index in [0.717, 1.165) is 25.7 Å². The summed E-state index contributed by atoms with van der Waals surface area (Å²) in [6, 6.07) is 1.93. The zero-order valence-electron chi connectivity index (χ0n) is 13.3. The topological polar surface area (TPSA) is 99.4 Å². The molecule has 0 aromatic heterocycles. The number of esters is 1. The van der Waals surface area contributed by atoms with Crippen LogP contribution in [-0.2, 0) is 14.3 Å². The second-order valence-corrected chi connectivity index (χ2v) is 7.78. The van der Waals surface area contributed by atoms with E-state index in [1.54, 1.807) is 0 Å². The Bertz CT molecular complexity index is 525. The van der Waals surface area contributed by atoms with Gasteiger partial charge in [-0.15, -0.1) is 0 Å². The molecule has 126 valence electrons.